The Morgan fingerprint density at radius 1 is 1.16 bits per heavy atom. The van der Waals surface area contributed by atoms with E-state index < -0.39 is 23.9 Å². The Morgan fingerprint density at radius 2 is 1.80 bits per heavy atom. The molecule has 0 saturated carbocycles. The highest BCUT2D eigenvalue weighted by Crippen LogP contribution is 2.29. The standard InChI is InChI=1S/C17H15ClF3NO3/c1-17(2,25-12-6-3-10(19)4-7-12)15(23)22-11-5-8-14(13(18)9-11)24-16(20)21/h3-9,16H,1-2H3,(H,22,23). The number of amides is 1. The fourth-order valence-electron chi connectivity index (χ4n) is 1.90. The molecule has 8 heteroatoms. The molecule has 0 saturated heterocycles. The molecular formula is C17H15ClF3NO3. The number of carbonyl (C=O) groups excluding carboxylic acids is 1. The van der Waals surface area contributed by atoms with E-state index in [4.69, 9.17) is 16.3 Å². The maximum atomic E-state index is 12.9. The van der Waals surface area contributed by atoms with Crippen molar-refractivity contribution in [3.05, 3.63) is 53.3 Å². The highest BCUT2D eigenvalue weighted by atomic mass is 35.5. The van der Waals surface area contributed by atoms with E-state index in [0.29, 0.717) is 5.75 Å². The van der Waals surface area contributed by atoms with Crippen molar-refractivity contribution in [2.75, 3.05) is 5.32 Å². The monoisotopic (exact) mass is 373 g/mol. The smallest absolute Gasteiger partial charge is 0.387 e. The summed E-state index contributed by atoms with van der Waals surface area (Å²) >= 11 is 5.84. The molecule has 2 aromatic rings. The van der Waals surface area contributed by atoms with Crippen molar-refractivity contribution in [1.29, 1.82) is 0 Å². The van der Waals surface area contributed by atoms with Crippen molar-refractivity contribution >= 4 is 23.2 Å². The average molecular weight is 374 g/mol. The largest absolute Gasteiger partial charge is 0.478 e. The molecule has 0 aliphatic rings. The van der Waals surface area contributed by atoms with Crippen LogP contribution in [0.1, 0.15) is 13.8 Å². The molecule has 2 rings (SSSR count). The summed E-state index contributed by atoms with van der Waals surface area (Å²) in [6.45, 7) is 0.0596. The number of hydrogen-bond acceptors (Lipinski definition) is 3. The lowest BCUT2D eigenvalue weighted by Gasteiger charge is -2.25. The molecule has 25 heavy (non-hydrogen) atoms. The normalized spacial score (nSPS) is 11.3. The Hall–Kier alpha value is -2.41. The predicted octanol–water partition coefficient (Wildman–Crippen LogP) is 4.88. The van der Waals surface area contributed by atoms with Gasteiger partial charge in [-0.3, -0.25) is 4.79 Å². The molecule has 1 amide bonds. The van der Waals surface area contributed by atoms with Crippen molar-refractivity contribution in [2.45, 2.75) is 26.1 Å². The van der Waals surface area contributed by atoms with Crippen LogP contribution >= 0.6 is 11.6 Å². The van der Waals surface area contributed by atoms with Gasteiger partial charge < -0.3 is 14.8 Å². The molecule has 0 fully saturated rings. The Morgan fingerprint density at radius 3 is 2.36 bits per heavy atom. The van der Waals surface area contributed by atoms with Gasteiger partial charge in [0.25, 0.3) is 5.91 Å². The molecule has 0 aromatic heterocycles. The van der Waals surface area contributed by atoms with E-state index in [0.717, 1.165) is 0 Å². The lowest BCUT2D eigenvalue weighted by Crippen LogP contribution is -2.42. The number of benzene rings is 2. The third-order valence-corrected chi connectivity index (χ3v) is 3.43. The first-order valence-corrected chi connectivity index (χ1v) is 7.55. The fraction of sp³-hybridized carbons (Fsp3) is 0.235. The maximum Gasteiger partial charge on any atom is 0.387 e. The molecule has 0 atom stereocenters. The number of hydrogen-bond donors (Lipinski definition) is 1. The highest BCUT2D eigenvalue weighted by Gasteiger charge is 2.30. The van der Waals surface area contributed by atoms with Crippen LogP contribution in [0.3, 0.4) is 0 Å². The first kappa shape index (κ1) is 18.9. The van der Waals surface area contributed by atoms with Crippen LogP contribution in [0.4, 0.5) is 18.9 Å². The molecule has 0 aliphatic carbocycles. The maximum absolute atomic E-state index is 12.9. The van der Waals surface area contributed by atoms with E-state index in [9.17, 15) is 18.0 Å². The predicted molar refractivity (Wildman–Crippen MR) is 87.8 cm³/mol. The number of ether oxygens (including phenoxy) is 2. The first-order valence-electron chi connectivity index (χ1n) is 7.18. The minimum absolute atomic E-state index is 0.0737. The topological polar surface area (TPSA) is 47.6 Å². The minimum Gasteiger partial charge on any atom is -0.478 e. The molecule has 0 unspecified atom stereocenters. The van der Waals surface area contributed by atoms with Gasteiger partial charge in [0.1, 0.15) is 17.3 Å². The van der Waals surface area contributed by atoms with E-state index in [-0.39, 0.29) is 16.5 Å². The molecule has 0 radical (unpaired) electrons. The van der Waals surface area contributed by atoms with Crippen LogP contribution in [0.2, 0.25) is 5.02 Å². The summed E-state index contributed by atoms with van der Waals surface area (Å²) in [6.07, 6.45) is 0. The Kier molecular flexibility index (Phi) is 5.79. The second-order valence-electron chi connectivity index (χ2n) is 5.54. The van der Waals surface area contributed by atoms with Crippen LogP contribution in [0, 0.1) is 5.82 Å². The van der Waals surface area contributed by atoms with Crippen molar-refractivity contribution < 1.29 is 27.4 Å². The van der Waals surface area contributed by atoms with E-state index >= 15 is 0 Å². The molecular weight excluding hydrogens is 359 g/mol. The van der Waals surface area contributed by atoms with Crippen LogP contribution in [-0.4, -0.2) is 18.1 Å². The summed E-state index contributed by atoms with van der Waals surface area (Å²) in [5.74, 6) is -0.803. The molecule has 134 valence electrons. The molecule has 4 nitrogen and oxygen atoms in total. The zero-order valence-corrected chi connectivity index (χ0v) is 14.1. The lowest BCUT2D eigenvalue weighted by molar-refractivity contribution is -0.128. The van der Waals surface area contributed by atoms with Gasteiger partial charge in [-0.05, 0) is 56.3 Å². The zero-order valence-electron chi connectivity index (χ0n) is 13.4. The van der Waals surface area contributed by atoms with E-state index in [1.165, 1.54) is 56.3 Å². The van der Waals surface area contributed by atoms with Crippen LogP contribution in [0.15, 0.2) is 42.5 Å². The zero-order chi connectivity index (χ0) is 18.6. The molecule has 0 heterocycles. The SMILES string of the molecule is CC(C)(Oc1ccc(F)cc1)C(=O)Nc1ccc(OC(F)F)c(Cl)c1. The van der Waals surface area contributed by atoms with Crippen molar-refractivity contribution in [3.63, 3.8) is 0 Å². The van der Waals surface area contributed by atoms with Gasteiger partial charge in [0.05, 0.1) is 5.02 Å². The van der Waals surface area contributed by atoms with Gasteiger partial charge in [-0.2, -0.15) is 8.78 Å². The van der Waals surface area contributed by atoms with Gasteiger partial charge in [0.2, 0.25) is 0 Å². The number of carbonyl (C=O) groups is 1. The molecule has 2 aromatic carbocycles. The van der Waals surface area contributed by atoms with Gasteiger partial charge in [-0.15, -0.1) is 0 Å². The van der Waals surface area contributed by atoms with Crippen LogP contribution in [0.5, 0.6) is 11.5 Å². The van der Waals surface area contributed by atoms with Gasteiger partial charge in [0, 0.05) is 5.69 Å². The Labute approximate surface area is 147 Å². The summed E-state index contributed by atoms with van der Waals surface area (Å²) in [7, 11) is 0. The summed E-state index contributed by atoms with van der Waals surface area (Å²) in [5, 5.41) is 2.50. The van der Waals surface area contributed by atoms with E-state index in [1.54, 1.807) is 0 Å². The second-order valence-corrected chi connectivity index (χ2v) is 5.95. The van der Waals surface area contributed by atoms with Gasteiger partial charge in [0.15, 0.2) is 5.60 Å². The third kappa shape index (κ3) is 5.29. The quantitative estimate of drug-likeness (QED) is 0.785. The Bertz CT molecular complexity index is 751. The summed E-state index contributed by atoms with van der Waals surface area (Å²) in [4.78, 5) is 12.4. The summed E-state index contributed by atoms with van der Waals surface area (Å²) in [5.41, 5.74) is -0.991. The summed E-state index contributed by atoms with van der Waals surface area (Å²) in [6, 6.07) is 9.10. The van der Waals surface area contributed by atoms with Crippen LogP contribution in [-0.2, 0) is 4.79 Å². The number of alkyl halides is 2. The van der Waals surface area contributed by atoms with Crippen LogP contribution < -0.4 is 14.8 Å². The molecule has 0 spiro atoms. The van der Waals surface area contributed by atoms with Crippen molar-refractivity contribution in [1.82, 2.24) is 0 Å². The third-order valence-electron chi connectivity index (χ3n) is 3.14. The van der Waals surface area contributed by atoms with Gasteiger partial charge >= 0.3 is 6.61 Å². The lowest BCUT2D eigenvalue weighted by atomic mass is 10.1. The summed E-state index contributed by atoms with van der Waals surface area (Å²) < 4.78 is 47.1. The van der Waals surface area contributed by atoms with E-state index in [2.05, 4.69) is 10.1 Å². The fourth-order valence-corrected chi connectivity index (χ4v) is 2.12. The van der Waals surface area contributed by atoms with E-state index in [1.807, 2.05) is 0 Å². The number of rotatable bonds is 6. The molecule has 0 aliphatic heterocycles. The number of anilines is 1. The Balaban J connectivity index is 2.07. The highest BCUT2D eigenvalue weighted by molar-refractivity contribution is 6.32. The number of nitrogens with one attached hydrogen (secondary N) is 1. The average Bonchev–Trinajstić information content (AvgIpc) is 2.51. The molecule has 1 N–H and O–H groups in total. The van der Waals surface area contributed by atoms with Crippen molar-refractivity contribution in [3.8, 4) is 11.5 Å². The number of halogens is 4. The second kappa shape index (κ2) is 7.65. The van der Waals surface area contributed by atoms with Gasteiger partial charge in [-0.1, -0.05) is 11.6 Å². The van der Waals surface area contributed by atoms with Gasteiger partial charge in [-0.25, -0.2) is 4.39 Å². The first-order chi connectivity index (χ1) is 11.7. The van der Waals surface area contributed by atoms with Crippen molar-refractivity contribution in [2.24, 2.45) is 0 Å². The molecule has 0 bridgehead atoms. The van der Waals surface area contributed by atoms with Crippen LogP contribution in [0.25, 0.3) is 0 Å². The minimum atomic E-state index is -3.00.